The molecule has 0 saturated heterocycles. The monoisotopic (exact) mass is 203 g/mol. The SMILES string of the molecule is CCOC(C)(C)c1cc(CCl)no1. The lowest BCUT2D eigenvalue weighted by atomic mass is 10.1. The highest BCUT2D eigenvalue weighted by Crippen LogP contribution is 2.25. The third-order valence-electron chi connectivity index (χ3n) is 1.79. The maximum absolute atomic E-state index is 5.60. The lowest BCUT2D eigenvalue weighted by Gasteiger charge is -2.20. The summed E-state index contributed by atoms with van der Waals surface area (Å²) in [5.74, 6) is 1.08. The molecule has 0 fully saturated rings. The molecule has 4 heteroatoms. The molecule has 0 bridgehead atoms. The molecule has 0 unspecified atom stereocenters. The van der Waals surface area contributed by atoms with Crippen molar-refractivity contribution in [3.8, 4) is 0 Å². The zero-order valence-electron chi connectivity index (χ0n) is 8.13. The number of aromatic nitrogens is 1. The van der Waals surface area contributed by atoms with Crippen LogP contribution in [-0.4, -0.2) is 11.8 Å². The van der Waals surface area contributed by atoms with Crippen molar-refractivity contribution < 1.29 is 9.26 Å². The van der Waals surface area contributed by atoms with E-state index in [0.717, 1.165) is 5.69 Å². The fraction of sp³-hybridized carbons (Fsp3) is 0.667. The summed E-state index contributed by atoms with van der Waals surface area (Å²) in [7, 11) is 0. The predicted molar refractivity (Wildman–Crippen MR) is 50.7 cm³/mol. The van der Waals surface area contributed by atoms with Gasteiger partial charge in [0.2, 0.25) is 0 Å². The van der Waals surface area contributed by atoms with Crippen molar-refractivity contribution in [3.05, 3.63) is 17.5 Å². The zero-order valence-corrected chi connectivity index (χ0v) is 8.89. The van der Waals surface area contributed by atoms with Crippen LogP contribution in [0.25, 0.3) is 0 Å². The van der Waals surface area contributed by atoms with Gasteiger partial charge in [-0.3, -0.25) is 0 Å². The average Bonchev–Trinajstić information content (AvgIpc) is 2.52. The number of ether oxygens (including phenoxy) is 1. The molecule has 0 aliphatic carbocycles. The first-order valence-corrected chi connectivity index (χ1v) is 4.79. The molecule has 0 aliphatic rings. The van der Waals surface area contributed by atoms with E-state index in [1.54, 1.807) is 0 Å². The van der Waals surface area contributed by atoms with Crippen molar-refractivity contribution in [2.45, 2.75) is 32.3 Å². The molecule has 74 valence electrons. The van der Waals surface area contributed by atoms with Gasteiger partial charge in [0.15, 0.2) is 5.76 Å². The molecule has 0 saturated carbocycles. The molecule has 1 rings (SSSR count). The van der Waals surface area contributed by atoms with Crippen LogP contribution in [0.5, 0.6) is 0 Å². The van der Waals surface area contributed by atoms with Gasteiger partial charge in [-0.2, -0.15) is 0 Å². The standard InChI is InChI=1S/C9H14ClNO2/c1-4-12-9(2,3)8-5-7(6-10)11-13-8/h5H,4,6H2,1-3H3. The van der Waals surface area contributed by atoms with Crippen molar-refractivity contribution in [2.75, 3.05) is 6.61 Å². The first-order chi connectivity index (χ1) is 6.10. The first kappa shape index (κ1) is 10.5. The van der Waals surface area contributed by atoms with Gasteiger partial charge in [0.25, 0.3) is 0 Å². The molecule has 1 aromatic heterocycles. The summed E-state index contributed by atoms with van der Waals surface area (Å²) in [6.07, 6.45) is 0. The fourth-order valence-electron chi connectivity index (χ4n) is 1.09. The summed E-state index contributed by atoms with van der Waals surface area (Å²) in [4.78, 5) is 0. The Morgan fingerprint density at radius 2 is 2.31 bits per heavy atom. The summed E-state index contributed by atoms with van der Waals surface area (Å²) in [5, 5.41) is 3.80. The van der Waals surface area contributed by atoms with Crippen LogP contribution in [0.15, 0.2) is 10.6 Å². The minimum atomic E-state index is -0.425. The quantitative estimate of drug-likeness (QED) is 0.706. The van der Waals surface area contributed by atoms with Gasteiger partial charge in [-0.05, 0) is 20.8 Å². The van der Waals surface area contributed by atoms with Gasteiger partial charge in [-0.15, -0.1) is 11.6 Å². The Morgan fingerprint density at radius 3 is 2.77 bits per heavy atom. The zero-order chi connectivity index (χ0) is 9.90. The van der Waals surface area contributed by atoms with Crippen LogP contribution < -0.4 is 0 Å². The van der Waals surface area contributed by atoms with E-state index in [2.05, 4.69) is 5.16 Å². The Morgan fingerprint density at radius 1 is 1.62 bits per heavy atom. The Labute approximate surface area is 83.0 Å². The molecule has 0 aromatic carbocycles. The molecule has 1 heterocycles. The number of nitrogens with zero attached hydrogens (tertiary/aromatic N) is 1. The molecule has 0 amide bonds. The highest BCUT2D eigenvalue weighted by Gasteiger charge is 2.25. The van der Waals surface area contributed by atoms with E-state index in [0.29, 0.717) is 18.2 Å². The van der Waals surface area contributed by atoms with Gasteiger partial charge in [0.1, 0.15) is 5.60 Å². The lowest BCUT2D eigenvalue weighted by molar-refractivity contribution is -0.0331. The van der Waals surface area contributed by atoms with Crippen molar-refractivity contribution in [1.29, 1.82) is 0 Å². The molecule has 0 atom stereocenters. The highest BCUT2D eigenvalue weighted by molar-refractivity contribution is 6.16. The minimum absolute atomic E-state index is 0.367. The third kappa shape index (κ3) is 2.45. The number of hydrogen-bond donors (Lipinski definition) is 0. The van der Waals surface area contributed by atoms with Gasteiger partial charge >= 0.3 is 0 Å². The second kappa shape index (κ2) is 4.11. The molecular formula is C9H14ClNO2. The number of rotatable bonds is 4. The minimum Gasteiger partial charge on any atom is -0.368 e. The first-order valence-electron chi connectivity index (χ1n) is 4.26. The van der Waals surface area contributed by atoms with Crippen molar-refractivity contribution in [1.82, 2.24) is 5.16 Å². The van der Waals surface area contributed by atoms with E-state index in [1.807, 2.05) is 26.8 Å². The molecule has 0 radical (unpaired) electrons. The molecule has 0 aliphatic heterocycles. The molecule has 0 spiro atoms. The number of halogens is 1. The second-order valence-corrected chi connectivity index (χ2v) is 3.53. The topological polar surface area (TPSA) is 35.3 Å². The normalized spacial score (nSPS) is 12.0. The Kier molecular flexibility index (Phi) is 3.33. The maximum atomic E-state index is 5.60. The number of hydrogen-bond acceptors (Lipinski definition) is 3. The maximum Gasteiger partial charge on any atom is 0.168 e. The molecule has 3 nitrogen and oxygen atoms in total. The fourth-order valence-corrected chi connectivity index (χ4v) is 1.22. The van der Waals surface area contributed by atoms with Crippen molar-refractivity contribution in [3.63, 3.8) is 0 Å². The molecule has 13 heavy (non-hydrogen) atoms. The largest absolute Gasteiger partial charge is 0.368 e. The third-order valence-corrected chi connectivity index (χ3v) is 2.07. The van der Waals surface area contributed by atoms with Crippen LogP contribution in [0.2, 0.25) is 0 Å². The van der Waals surface area contributed by atoms with E-state index in [9.17, 15) is 0 Å². The summed E-state index contributed by atoms with van der Waals surface area (Å²) >= 11 is 5.60. The van der Waals surface area contributed by atoms with Gasteiger partial charge in [0.05, 0.1) is 11.6 Å². The van der Waals surface area contributed by atoms with Crippen LogP contribution in [0.4, 0.5) is 0 Å². The van der Waals surface area contributed by atoms with Gasteiger partial charge in [-0.1, -0.05) is 5.16 Å². The average molecular weight is 204 g/mol. The van der Waals surface area contributed by atoms with E-state index < -0.39 is 5.60 Å². The van der Waals surface area contributed by atoms with E-state index >= 15 is 0 Å². The van der Waals surface area contributed by atoms with Crippen LogP contribution >= 0.6 is 11.6 Å². The van der Waals surface area contributed by atoms with Crippen molar-refractivity contribution >= 4 is 11.6 Å². The number of alkyl halides is 1. The highest BCUT2D eigenvalue weighted by atomic mass is 35.5. The molecule has 1 aromatic rings. The van der Waals surface area contributed by atoms with Gasteiger partial charge < -0.3 is 9.26 Å². The van der Waals surface area contributed by atoms with E-state index in [-0.39, 0.29) is 0 Å². The van der Waals surface area contributed by atoms with Crippen molar-refractivity contribution in [2.24, 2.45) is 0 Å². The van der Waals surface area contributed by atoms with E-state index in [4.69, 9.17) is 20.9 Å². The van der Waals surface area contributed by atoms with Crippen LogP contribution in [0, 0.1) is 0 Å². The molecular weight excluding hydrogens is 190 g/mol. The lowest BCUT2D eigenvalue weighted by Crippen LogP contribution is -2.20. The summed E-state index contributed by atoms with van der Waals surface area (Å²) in [5.41, 5.74) is 0.316. The predicted octanol–water partition coefficient (Wildman–Crippen LogP) is 2.69. The van der Waals surface area contributed by atoms with Crippen LogP contribution in [0.3, 0.4) is 0 Å². The smallest absolute Gasteiger partial charge is 0.168 e. The summed E-state index contributed by atoms with van der Waals surface area (Å²) in [6, 6.07) is 1.82. The summed E-state index contributed by atoms with van der Waals surface area (Å²) < 4.78 is 10.6. The van der Waals surface area contributed by atoms with Crippen LogP contribution in [0.1, 0.15) is 32.2 Å². The Hall–Kier alpha value is -0.540. The van der Waals surface area contributed by atoms with E-state index in [1.165, 1.54) is 0 Å². The summed E-state index contributed by atoms with van der Waals surface area (Å²) in [6.45, 7) is 6.47. The van der Waals surface area contributed by atoms with Crippen LogP contribution in [-0.2, 0) is 16.2 Å². The van der Waals surface area contributed by atoms with Gasteiger partial charge in [-0.25, -0.2) is 0 Å². The Bertz CT molecular complexity index is 270. The van der Waals surface area contributed by atoms with Gasteiger partial charge in [0, 0.05) is 12.7 Å². The Balaban J connectivity index is 2.80. The second-order valence-electron chi connectivity index (χ2n) is 3.26. The molecule has 0 N–H and O–H groups in total.